The smallest absolute Gasteiger partial charge is 0.243 e. The molecule has 1 fully saturated rings. The predicted octanol–water partition coefficient (Wildman–Crippen LogP) is 4.00. The summed E-state index contributed by atoms with van der Waals surface area (Å²) >= 11 is 1.79. The molecule has 0 spiro atoms. The van der Waals surface area contributed by atoms with E-state index in [2.05, 4.69) is 18.4 Å². The zero-order chi connectivity index (χ0) is 20.4. The highest BCUT2D eigenvalue weighted by atomic mass is 32.2. The Morgan fingerprint density at radius 3 is 2.52 bits per heavy atom. The lowest BCUT2D eigenvalue weighted by Crippen LogP contribution is -2.39. The molecule has 7 heteroatoms. The maximum absolute atomic E-state index is 12.9. The van der Waals surface area contributed by atoms with Gasteiger partial charge in [-0.05, 0) is 66.8 Å². The summed E-state index contributed by atoms with van der Waals surface area (Å²) in [4.78, 5) is 16.7. The van der Waals surface area contributed by atoms with E-state index in [9.17, 15) is 13.2 Å². The topological polar surface area (TPSA) is 57.7 Å². The van der Waals surface area contributed by atoms with Gasteiger partial charge in [0.25, 0.3) is 0 Å². The molecule has 0 aliphatic carbocycles. The van der Waals surface area contributed by atoms with Gasteiger partial charge in [-0.3, -0.25) is 4.79 Å². The van der Waals surface area contributed by atoms with Crippen LogP contribution in [0.5, 0.6) is 0 Å². The van der Waals surface area contributed by atoms with E-state index in [1.165, 1.54) is 10.4 Å². The van der Waals surface area contributed by atoms with E-state index in [0.29, 0.717) is 30.8 Å². The maximum Gasteiger partial charge on any atom is 0.243 e. The molecule has 1 atom stereocenters. The van der Waals surface area contributed by atoms with E-state index in [4.69, 9.17) is 0 Å². The van der Waals surface area contributed by atoms with Crippen molar-refractivity contribution in [1.29, 1.82) is 0 Å². The first-order valence-corrected chi connectivity index (χ1v) is 12.8. The highest BCUT2D eigenvalue weighted by Crippen LogP contribution is 2.35. The lowest BCUT2D eigenvalue weighted by Gasteiger charge is -2.35. The molecule has 2 aliphatic heterocycles. The third-order valence-corrected chi connectivity index (χ3v) is 8.96. The second-order valence-electron chi connectivity index (χ2n) is 7.82. The second-order valence-corrected chi connectivity index (χ2v) is 10.8. The number of carbonyl (C=O) groups excluding carboxylic acids is 1. The summed E-state index contributed by atoms with van der Waals surface area (Å²) in [5.74, 6) is 0.183. The van der Waals surface area contributed by atoms with Gasteiger partial charge in [-0.15, -0.1) is 11.3 Å². The van der Waals surface area contributed by atoms with Crippen LogP contribution in [0.25, 0.3) is 0 Å². The normalized spacial score (nSPS) is 20.0. The van der Waals surface area contributed by atoms with Gasteiger partial charge in [0.05, 0.1) is 10.9 Å². The van der Waals surface area contributed by atoms with Crippen LogP contribution in [-0.4, -0.2) is 43.2 Å². The molecule has 1 aromatic carbocycles. The highest BCUT2D eigenvalue weighted by molar-refractivity contribution is 7.89. The van der Waals surface area contributed by atoms with E-state index < -0.39 is 10.0 Å². The van der Waals surface area contributed by atoms with Gasteiger partial charge < -0.3 is 4.90 Å². The monoisotopic (exact) mass is 432 g/mol. The summed E-state index contributed by atoms with van der Waals surface area (Å²) in [6.07, 6.45) is 4.82. The van der Waals surface area contributed by atoms with Crippen LogP contribution in [0.3, 0.4) is 0 Å². The third-order valence-electron chi connectivity index (χ3n) is 6.06. The van der Waals surface area contributed by atoms with Gasteiger partial charge in [-0.1, -0.05) is 19.1 Å². The Morgan fingerprint density at radius 1 is 1.10 bits per heavy atom. The van der Waals surface area contributed by atoms with Crippen molar-refractivity contribution in [2.75, 3.05) is 19.6 Å². The summed E-state index contributed by atoms with van der Waals surface area (Å²) in [6.45, 7) is 4.15. The highest BCUT2D eigenvalue weighted by Gasteiger charge is 2.30. The molecule has 1 aromatic heterocycles. The van der Waals surface area contributed by atoms with Crippen molar-refractivity contribution in [1.82, 2.24) is 9.21 Å². The summed E-state index contributed by atoms with van der Waals surface area (Å²) in [6, 6.07) is 9.40. The van der Waals surface area contributed by atoms with Gasteiger partial charge in [-0.2, -0.15) is 4.31 Å². The Balaban J connectivity index is 1.38. The van der Waals surface area contributed by atoms with Crippen molar-refractivity contribution in [3.05, 3.63) is 51.7 Å². The van der Waals surface area contributed by atoms with Crippen LogP contribution in [0, 0.1) is 0 Å². The van der Waals surface area contributed by atoms with Gasteiger partial charge >= 0.3 is 0 Å². The molecule has 3 heterocycles. The van der Waals surface area contributed by atoms with Gasteiger partial charge in [0, 0.05) is 30.9 Å². The van der Waals surface area contributed by atoms with E-state index >= 15 is 0 Å². The number of sulfonamides is 1. The molecular formula is C22H28N2O3S2. The van der Waals surface area contributed by atoms with Crippen LogP contribution in [0.15, 0.2) is 40.6 Å². The van der Waals surface area contributed by atoms with Crippen molar-refractivity contribution in [3.8, 4) is 0 Å². The number of hydrogen-bond donors (Lipinski definition) is 0. The van der Waals surface area contributed by atoms with Crippen molar-refractivity contribution in [2.24, 2.45) is 0 Å². The molecule has 2 aliphatic rings. The lowest BCUT2D eigenvalue weighted by molar-refractivity contribution is -0.134. The zero-order valence-electron chi connectivity index (χ0n) is 16.8. The molecule has 5 nitrogen and oxygen atoms in total. The fourth-order valence-electron chi connectivity index (χ4n) is 4.44. The SMILES string of the molecule is CCC1c2ccsc2CCN1C(=O)CCc1ccc(S(=O)(=O)N2CCCC2)cc1. The molecule has 0 bridgehead atoms. The fraction of sp³-hybridized carbons (Fsp3) is 0.500. The van der Waals surface area contributed by atoms with Gasteiger partial charge in [0.2, 0.25) is 15.9 Å². The standard InChI is InChI=1S/C22H28N2O3S2/c1-2-20-19-12-16-28-21(19)11-15-24(20)22(25)10-7-17-5-8-18(9-6-17)29(26,27)23-13-3-4-14-23/h5-6,8-9,12,16,20H,2-4,7,10-11,13-15H2,1H3. The average molecular weight is 433 g/mol. The Morgan fingerprint density at radius 2 is 1.83 bits per heavy atom. The maximum atomic E-state index is 12.9. The van der Waals surface area contributed by atoms with E-state index in [1.807, 2.05) is 17.0 Å². The van der Waals surface area contributed by atoms with Crippen molar-refractivity contribution in [3.63, 3.8) is 0 Å². The Bertz CT molecular complexity index is 960. The number of thiophene rings is 1. The molecule has 0 N–H and O–H groups in total. The molecule has 4 rings (SSSR count). The minimum absolute atomic E-state index is 0.183. The Kier molecular flexibility index (Phi) is 6.08. The summed E-state index contributed by atoms with van der Waals surface area (Å²) in [5.41, 5.74) is 2.31. The minimum Gasteiger partial charge on any atom is -0.335 e. The Labute approximate surface area is 177 Å². The second kappa shape index (κ2) is 8.58. The number of amides is 1. The lowest BCUT2D eigenvalue weighted by atomic mass is 9.97. The number of rotatable bonds is 6. The molecule has 0 radical (unpaired) electrons. The van der Waals surface area contributed by atoms with E-state index in [0.717, 1.165) is 37.8 Å². The number of fused-ring (bicyclic) bond motifs is 1. The fourth-order valence-corrected chi connectivity index (χ4v) is 6.88. The van der Waals surface area contributed by atoms with Crippen LogP contribution < -0.4 is 0 Å². The van der Waals surface area contributed by atoms with Gasteiger partial charge in [-0.25, -0.2) is 8.42 Å². The number of carbonyl (C=O) groups is 1. The summed E-state index contributed by atoms with van der Waals surface area (Å²) in [7, 11) is -3.38. The van der Waals surface area contributed by atoms with E-state index in [1.54, 1.807) is 27.8 Å². The van der Waals surface area contributed by atoms with Crippen LogP contribution in [0.1, 0.15) is 54.7 Å². The first-order chi connectivity index (χ1) is 14.0. The first-order valence-electron chi connectivity index (χ1n) is 10.5. The third kappa shape index (κ3) is 4.13. The Hall–Kier alpha value is -1.70. The molecule has 156 valence electrons. The summed E-state index contributed by atoms with van der Waals surface area (Å²) < 4.78 is 26.8. The van der Waals surface area contributed by atoms with Gasteiger partial charge in [0.15, 0.2) is 0 Å². The number of aryl methyl sites for hydroxylation is 1. The van der Waals surface area contributed by atoms with Crippen molar-refractivity contribution >= 4 is 27.3 Å². The molecule has 0 saturated carbocycles. The van der Waals surface area contributed by atoms with Crippen molar-refractivity contribution < 1.29 is 13.2 Å². The molecule has 1 unspecified atom stereocenters. The summed E-state index contributed by atoms with van der Waals surface area (Å²) in [5, 5.41) is 2.12. The molecule has 1 saturated heterocycles. The average Bonchev–Trinajstić information content (AvgIpc) is 3.43. The molecule has 1 amide bonds. The van der Waals surface area contributed by atoms with Crippen LogP contribution in [0.4, 0.5) is 0 Å². The molecule has 29 heavy (non-hydrogen) atoms. The van der Waals surface area contributed by atoms with Crippen molar-refractivity contribution in [2.45, 2.75) is 56.4 Å². The number of nitrogens with zero attached hydrogens (tertiary/aromatic N) is 2. The van der Waals surface area contributed by atoms with E-state index in [-0.39, 0.29) is 11.9 Å². The minimum atomic E-state index is -3.38. The molecule has 2 aromatic rings. The van der Waals surface area contributed by atoms with Crippen LogP contribution in [-0.2, 0) is 27.7 Å². The quantitative estimate of drug-likeness (QED) is 0.693. The number of benzene rings is 1. The number of hydrogen-bond acceptors (Lipinski definition) is 4. The first kappa shape index (κ1) is 20.6. The predicted molar refractivity (Wildman–Crippen MR) is 116 cm³/mol. The van der Waals surface area contributed by atoms with Gasteiger partial charge in [0.1, 0.15) is 0 Å². The largest absolute Gasteiger partial charge is 0.335 e. The zero-order valence-corrected chi connectivity index (χ0v) is 18.5. The van der Waals surface area contributed by atoms with Crippen LogP contribution >= 0.6 is 11.3 Å². The molecular weight excluding hydrogens is 404 g/mol. The van der Waals surface area contributed by atoms with Crippen LogP contribution in [0.2, 0.25) is 0 Å².